The number of sulfonamides is 1. The highest BCUT2D eigenvalue weighted by Gasteiger charge is 2.26. The van der Waals surface area contributed by atoms with E-state index in [9.17, 15) is 22.0 Å². The van der Waals surface area contributed by atoms with Crippen molar-refractivity contribution in [3.63, 3.8) is 0 Å². The topological polar surface area (TPSA) is 82.6 Å². The SMILES string of the molecule is O=C(c1ccc(NS(=O)(=O)c2cccc3cccnc23)c(F)c1)N1CCN(CC2=CC=C(F)C(Cl)C2)CC1. The van der Waals surface area contributed by atoms with E-state index in [1.807, 2.05) is 0 Å². The van der Waals surface area contributed by atoms with E-state index in [2.05, 4.69) is 14.6 Å². The molecule has 1 aliphatic heterocycles. The number of nitrogens with one attached hydrogen (secondary N) is 1. The van der Waals surface area contributed by atoms with Crippen LogP contribution in [-0.4, -0.2) is 67.2 Å². The largest absolute Gasteiger partial charge is 0.336 e. The minimum atomic E-state index is -4.13. The summed E-state index contributed by atoms with van der Waals surface area (Å²) in [6, 6.07) is 11.9. The zero-order valence-corrected chi connectivity index (χ0v) is 21.9. The van der Waals surface area contributed by atoms with Gasteiger partial charge in [-0.15, -0.1) is 11.6 Å². The van der Waals surface area contributed by atoms with Gasteiger partial charge in [-0.1, -0.05) is 29.8 Å². The molecule has 3 aromatic rings. The summed E-state index contributed by atoms with van der Waals surface area (Å²) in [4.78, 5) is 20.9. The summed E-state index contributed by atoms with van der Waals surface area (Å²) in [5.74, 6) is -1.52. The summed E-state index contributed by atoms with van der Waals surface area (Å²) >= 11 is 6.00. The monoisotopic (exact) mass is 558 g/mol. The third-order valence-electron chi connectivity index (χ3n) is 6.65. The number of fused-ring (bicyclic) bond motifs is 1. The summed E-state index contributed by atoms with van der Waals surface area (Å²) in [6.07, 6.45) is 5.09. The number of alkyl halides is 1. The maximum atomic E-state index is 14.9. The second-order valence-electron chi connectivity index (χ2n) is 9.25. The number of para-hydroxylation sites is 1. The second kappa shape index (κ2) is 10.8. The van der Waals surface area contributed by atoms with Gasteiger partial charge in [0.05, 0.1) is 16.6 Å². The van der Waals surface area contributed by atoms with Crippen LogP contribution in [0.15, 0.2) is 83.2 Å². The number of amides is 1. The molecule has 1 aliphatic carbocycles. The van der Waals surface area contributed by atoms with Crippen LogP contribution in [0, 0.1) is 5.82 Å². The van der Waals surface area contributed by atoms with Crippen molar-refractivity contribution in [1.29, 1.82) is 0 Å². The molecule has 7 nitrogen and oxygen atoms in total. The summed E-state index contributed by atoms with van der Waals surface area (Å²) in [6.45, 7) is 2.77. The Labute approximate surface area is 224 Å². The molecule has 0 bridgehead atoms. The summed E-state index contributed by atoms with van der Waals surface area (Å²) in [7, 11) is -4.13. The molecule has 1 saturated heterocycles. The predicted molar refractivity (Wildman–Crippen MR) is 143 cm³/mol. The number of carbonyl (C=O) groups excluding carboxylic acids is 1. The van der Waals surface area contributed by atoms with Gasteiger partial charge < -0.3 is 4.90 Å². The molecule has 38 heavy (non-hydrogen) atoms. The Morgan fingerprint density at radius 1 is 1.05 bits per heavy atom. The van der Waals surface area contributed by atoms with Crippen LogP contribution in [-0.2, 0) is 10.0 Å². The van der Waals surface area contributed by atoms with E-state index in [4.69, 9.17) is 11.6 Å². The van der Waals surface area contributed by atoms with Gasteiger partial charge >= 0.3 is 0 Å². The van der Waals surface area contributed by atoms with Crippen molar-refractivity contribution in [3.8, 4) is 0 Å². The van der Waals surface area contributed by atoms with Crippen molar-refractivity contribution in [2.45, 2.75) is 16.7 Å². The number of carbonyl (C=O) groups is 1. The molecule has 0 radical (unpaired) electrons. The van der Waals surface area contributed by atoms with Crippen LogP contribution in [0.25, 0.3) is 10.9 Å². The van der Waals surface area contributed by atoms with E-state index in [1.165, 1.54) is 30.5 Å². The standard InChI is InChI=1S/C27H25ClF2N4O3S/c28-21-15-18(6-8-22(21)29)17-33-11-13-34(14-12-33)27(35)20-7-9-24(23(30)16-20)32-38(36,37)25-5-1-3-19-4-2-10-31-26(19)25/h1-10,16,21,32H,11-15,17H2. The molecule has 0 saturated carbocycles. The summed E-state index contributed by atoms with van der Waals surface area (Å²) < 4.78 is 56.7. The molecule has 1 N–H and O–H groups in total. The molecular weight excluding hydrogens is 534 g/mol. The smallest absolute Gasteiger partial charge is 0.264 e. The Morgan fingerprint density at radius 3 is 2.55 bits per heavy atom. The van der Waals surface area contributed by atoms with Crippen molar-refractivity contribution < 1.29 is 22.0 Å². The fourth-order valence-electron chi connectivity index (χ4n) is 4.62. The van der Waals surface area contributed by atoms with Gasteiger partial charge in [0.2, 0.25) is 0 Å². The molecule has 11 heteroatoms. The van der Waals surface area contributed by atoms with Gasteiger partial charge in [0.25, 0.3) is 15.9 Å². The number of piperazine rings is 1. The maximum Gasteiger partial charge on any atom is 0.264 e. The lowest BCUT2D eigenvalue weighted by Crippen LogP contribution is -2.49. The molecule has 1 atom stereocenters. The van der Waals surface area contributed by atoms with Crippen molar-refractivity contribution in [2.24, 2.45) is 0 Å². The van der Waals surface area contributed by atoms with Crippen molar-refractivity contribution in [2.75, 3.05) is 37.4 Å². The van der Waals surface area contributed by atoms with Crippen LogP contribution >= 0.6 is 11.6 Å². The average molecular weight is 559 g/mol. The Balaban J connectivity index is 1.23. The van der Waals surface area contributed by atoms with Crippen LogP contribution in [0.1, 0.15) is 16.8 Å². The van der Waals surface area contributed by atoms with Crippen LogP contribution in [0.4, 0.5) is 14.5 Å². The Bertz CT molecular complexity index is 1550. The Kier molecular flexibility index (Phi) is 7.47. The van der Waals surface area contributed by atoms with Gasteiger partial charge in [-0.05, 0) is 42.8 Å². The number of rotatable bonds is 6. The molecular formula is C27H25ClF2N4O3S. The normalized spacial score (nSPS) is 18.7. The number of anilines is 1. The number of aromatic nitrogens is 1. The Morgan fingerprint density at radius 2 is 1.82 bits per heavy atom. The number of hydrogen-bond donors (Lipinski definition) is 1. The zero-order chi connectivity index (χ0) is 26.9. The maximum absolute atomic E-state index is 14.9. The molecule has 2 heterocycles. The van der Waals surface area contributed by atoms with Crippen LogP contribution in [0.5, 0.6) is 0 Å². The lowest BCUT2D eigenvalue weighted by Gasteiger charge is -2.35. The minimum Gasteiger partial charge on any atom is -0.336 e. The third-order valence-corrected chi connectivity index (χ3v) is 8.41. The first-order valence-electron chi connectivity index (χ1n) is 12.1. The lowest BCUT2D eigenvalue weighted by molar-refractivity contribution is 0.0646. The van der Waals surface area contributed by atoms with Crippen molar-refractivity contribution in [3.05, 3.63) is 89.7 Å². The number of allylic oxidation sites excluding steroid dienone is 3. The number of pyridine rings is 1. The van der Waals surface area contributed by atoms with Crippen LogP contribution in [0.2, 0.25) is 0 Å². The molecule has 1 fully saturated rings. The fraction of sp³-hybridized carbons (Fsp3) is 0.259. The molecule has 0 spiro atoms. The van der Waals surface area contributed by atoms with Gasteiger partial charge in [0.1, 0.15) is 16.5 Å². The summed E-state index contributed by atoms with van der Waals surface area (Å²) in [5, 5.41) is 0.00486. The first-order chi connectivity index (χ1) is 18.2. The van der Waals surface area contributed by atoms with E-state index in [1.54, 1.807) is 35.2 Å². The van der Waals surface area contributed by atoms with Crippen LogP contribution in [0.3, 0.4) is 0 Å². The van der Waals surface area contributed by atoms with E-state index in [-0.39, 0.29) is 33.4 Å². The summed E-state index contributed by atoms with van der Waals surface area (Å²) in [5.41, 5.74) is 1.18. The Hall–Kier alpha value is -3.34. The molecule has 1 aromatic heterocycles. The third kappa shape index (κ3) is 5.57. The zero-order valence-electron chi connectivity index (χ0n) is 20.3. The van der Waals surface area contributed by atoms with Crippen molar-refractivity contribution >= 4 is 44.1 Å². The van der Waals surface area contributed by atoms with Crippen LogP contribution < -0.4 is 4.72 Å². The molecule has 198 valence electrons. The predicted octanol–water partition coefficient (Wildman–Crippen LogP) is 4.72. The van der Waals surface area contributed by atoms with Crippen molar-refractivity contribution in [1.82, 2.24) is 14.8 Å². The van der Waals surface area contributed by atoms with E-state index < -0.39 is 21.2 Å². The quantitative estimate of drug-likeness (QED) is 0.443. The highest BCUT2D eigenvalue weighted by molar-refractivity contribution is 7.93. The van der Waals surface area contributed by atoms with E-state index >= 15 is 0 Å². The van der Waals surface area contributed by atoms with Gasteiger partial charge in [0, 0.05) is 49.9 Å². The minimum absolute atomic E-state index is 0.0697. The molecule has 2 aromatic carbocycles. The second-order valence-corrected chi connectivity index (χ2v) is 11.4. The highest BCUT2D eigenvalue weighted by Crippen LogP contribution is 2.27. The molecule has 1 unspecified atom stereocenters. The number of nitrogens with zero attached hydrogens (tertiary/aromatic N) is 3. The molecule has 5 rings (SSSR count). The van der Waals surface area contributed by atoms with Gasteiger partial charge in [-0.3, -0.25) is 19.4 Å². The number of halogens is 3. The lowest BCUT2D eigenvalue weighted by atomic mass is 10.0. The highest BCUT2D eigenvalue weighted by atomic mass is 35.5. The molecule has 1 amide bonds. The van der Waals surface area contributed by atoms with Gasteiger partial charge in [-0.25, -0.2) is 17.2 Å². The van der Waals surface area contributed by atoms with E-state index in [0.717, 1.165) is 11.6 Å². The first-order valence-corrected chi connectivity index (χ1v) is 14.0. The first kappa shape index (κ1) is 26.3. The average Bonchev–Trinajstić information content (AvgIpc) is 2.91. The molecule has 2 aliphatic rings. The number of hydrogen-bond acceptors (Lipinski definition) is 5. The number of benzene rings is 2. The van der Waals surface area contributed by atoms with E-state index in [0.29, 0.717) is 44.5 Å². The van der Waals surface area contributed by atoms with Gasteiger partial charge in [0.15, 0.2) is 0 Å². The van der Waals surface area contributed by atoms with Gasteiger partial charge in [-0.2, -0.15) is 0 Å². The fourth-order valence-corrected chi connectivity index (χ4v) is 6.14.